The van der Waals surface area contributed by atoms with E-state index in [0.717, 1.165) is 18.4 Å². The number of hydrogen-bond donors (Lipinski definition) is 1. The highest BCUT2D eigenvalue weighted by molar-refractivity contribution is 6.30. The van der Waals surface area contributed by atoms with E-state index in [-0.39, 0.29) is 41.4 Å². The molecule has 6 rings (SSSR count). The zero-order valence-corrected chi connectivity index (χ0v) is 17.3. The minimum absolute atomic E-state index is 0.126. The lowest BCUT2D eigenvalue weighted by molar-refractivity contribution is -0.124. The number of halogens is 1. The van der Waals surface area contributed by atoms with Crippen LogP contribution in [0, 0.1) is 23.7 Å². The molecule has 4 atom stereocenters. The Kier molecular flexibility index (Phi) is 4.94. The van der Waals surface area contributed by atoms with Crippen molar-refractivity contribution in [1.82, 2.24) is 5.43 Å². The van der Waals surface area contributed by atoms with Crippen molar-refractivity contribution in [3.63, 3.8) is 0 Å². The lowest BCUT2D eigenvalue weighted by Crippen LogP contribution is -2.38. The van der Waals surface area contributed by atoms with Crippen LogP contribution in [0.25, 0.3) is 0 Å². The fourth-order valence-corrected chi connectivity index (χ4v) is 5.00. The van der Waals surface area contributed by atoms with E-state index in [1.807, 2.05) is 0 Å². The van der Waals surface area contributed by atoms with E-state index in [0.29, 0.717) is 16.3 Å². The van der Waals surface area contributed by atoms with E-state index in [4.69, 9.17) is 11.6 Å². The molecule has 31 heavy (non-hydrogen) atoms. The molecular formula is C24H20ClN3O3. The van der Waals surface area contributed by atoms with Gasteiger partial charge in [0, 0.05) is 10.6 Å². The monoisotopic (exact) mass is 433 g/mol. The molecule has 1 saturated heterocycles. The first-order chi connectivity index (χ1) is 15.0. The summed E-state index contributed by atoms with van der Waals surface area (Å²) in [5.74, 6) is -0.827. The van der Waals surface area contributed by atoms with Crippen LogP contribution < -0.4 is 10.3 Å². The summed E-state index contributed by atoms with van der Waals surface area (Å²) in [6, 6.07) is 13.5. The van der Waals surface area contributed by atoms with Crippen LogP contribution in [0.5, 0.6) is 0 Å². The summed E-state index contributed by atoms with van der Waals surface area (Å²) in [7, 11) is 0. The minimum atomic E-state index is -0.383. The number of benzene rings is 2. The van der Waals surface area contributed by atoms with Crippen molar-refractivity contribution in [2.45, 2.75) is 12.8 Å². The van der Waals surface area contributed by atoms with Crippen molar-refractivity contribution in [2.75, 3.05) is 4.90 Å². The Morgan fingerprint density at radius 2 is 1.52 bits per heavy atom. The first kappa shape index (κ1) is 19.7. The number of imide groups is 1. The lowest BCUT2D eigenvalue weighted by atomic mass is 9.63. The number of nitrogens with zero attached hydrogens (tertiary/aromatic N) is 2. The topological polar surface area (TPSA) is 78.8 Å². The number of amides is 3. The molecular weight excluding hydrogens is 414 g/mol. The molecule has 2 aromatic rings. The standard InChI is InChI=1S/C24H20ClN3O3/c25-18-9-1-14(2-10-18)13-26-27-22(29)17-7-11-19(12-8-17)28-23(30)20-15-3-4-16(6-5-15)21(20)24(28)31/h1-4,7-13,15-16,20-21H,5-6H2,(H,27,29)/t15-,16-,20-,21-/m0/s1. The molecule has 0 spiro atoms. The van der Waals surface area contributed by atoms with Gasteiger partial charge in [0.25, 0.3) is 5.91 Å². The van der Waals surface area contributed by atoms with Gasteiger partial charge in [0.1, 0.15) is 0 Å². The molecule has 2 aromatic carbocycles. The SMILES string of the molecule is O=C(NN=Cc1ccc(Cl)cc1)c1ccc(N2C(=O)[C@@H]3[C@@H](C2=O)[C@H]2C=C[C@H]3CC2)cc1. The van der Waals surface area contributed by atoms with Crippen molar-refractivity contribution in [1.29, 1.82) is 0 Å². The molecule has 4 aliphatic rings. The van der Waals surface area contributed by atoms with E-state index in [1.165, 1.54) is 11.1 Å². The lowest BCUT2D eigenvalue weighted by Gasteiger charge is -2.38. The molecule has 156 valence electrons. The quantitative estimate of drug-likeness (QED) is 0.344. The molecule has 7 heteroatoms. The Morgan fingerprint density at radius 1 is 0.935 bits per heavy atom. The van der Waals surface area contributed by atoms with Crippen LogP contribution in [0.3, 0.4) is 0 Å². The predicted molar refractivity (Wildman–Crippen MR) is 118 cm³/mol. The second kappa shape index (κ2) is 7.78. The molecule has 1 N–H and O–H groups in total. The third-order valence-corrected chi connectivity index (χ3v) is 6.65. The molecule has 6 nitrogen and oxygen atoms in total. The first-order valence-corrected chi connectivity index (χ1v) is 10.7. The summed E-state index contributed by atoms with van der Waals surface area (Å²) in [4.78, 5) is 39.7. The summed E-state index contributed by atoms with van der Waals surface area (Å²) in [6.45, 7) is 0. The van der Waals surface area contributed by atoms with Gasteiger partial charge in [0.2, 0.25) is 11.8 Å². The number of carbonyl (C=O) groups excluding carboxylic acids is 3. The van der Waals surface area contributed by atoms with E-state index in [1.54, 1.807) is 48.5 Å². The highest BCUT2D eigenvalue weighted by atomic mass is 35.5. The number of hydrazone groups is 1. The molecule has 1 aliphatic heterocycles. The zero-order valence-electron chi connectivity index (χ0n) is 16.6. The summed E-state index contributed by atoms with van der Waals surface area (Å²) < 4.78 is 0. The second-order valence-corrected chi connectivity index (χ2v) is 8.59. The van der Waals surface area contributed by atoms with Gasteiger partial charge in [-0.3, -0.25) is 19.3 Å². The number of allylic oxidation sites excluding steroid dienone is 2. The smallest absolute Gasteiger partial charge is 0.271 e. The van der Waals surface area contributed by atoms with Gasteiger partial charge in [0.05, 0.1) is 23.7 Å². The highest BCUT2D eigenvalue weighted by Crippen LogP contribution is 2.50. The second-order valence-electron chi connectivity index (χ2n) is 8.15. The summed E-state index contributed by atoms with van der Waals surface area (Å²) in [6.07, 6.45) is 7.65. The molecule has 1 heterocycles. The highest BCUT2D eigenvalue weighted by Gasteiger charge is 2.56. The van der Waals surface area contributed by atoms with Gasteiger partial charge in [-0.15, -0.1) is 0 Å². The van der Waals surface area contributed by atoms with Gasteiger partial charge in [-0.1, -0.05) is 35.9 Å². The van der Waals surface area contributed by atoms with Gasteiger partial charge >= 0.3 is 0 Å². The Balaban J connectivity index is 1.28. The van der Waals surface area contributed by atoms with Crippen LogP contribution in [0.1, 0.15) is 28.8 Å². The Hall–Kier alpha value is -3.25. The van der Waals surface area contributed by atoms with Gasteiger partial charge in [-0.2, -0.15) is 5.10 Å². The van der Waals surface area contributed by atoms with Crippen molar-refractivity contribution >= 4 is 41.2 Å². The predicted octanol–water partition coefficient (Wildman–Crippen LogP) is 3.81. The first-order valence-electron chi connectivity index (χ1n) is 10.3. The van der Waals surface area contributed by atoms with Crippen LogP contribution in [0.4, 0.5) is 5.69 Å². The molecule has 3 amide bonds. The van der Waals surface area contributed by atoms with E-state index < -0.39 is 0 Å². The molecule has 0 aromatic heterocycles. The van der Waals surface area contributed by atoms with Gasteiger partial charge < -0.3 is 0 Å². The van der Waals surface area contributed by atoms with E-state index >= 15 is 0 Å². The van der Waals surface area contributed by atoms with Crippen LogP contribution in [-0.4, -0.2) is 23.9 Å². The Morgan fingerprint density at radius 3 is 2.06 bits per heavy atom. The summed E-state index contributed by atoms with van der Waals surface area (Å²) >= 11 is 5.84. The number of hydrogen-bond acceptors (Lipinski definition) is 4. The van der Waals surface area contributed by atoms with Crippen molar-refractivity contribution in [3.8, 4) is 0 Å². The molecule has 0 radical (unpaired) electrons. The van der Waals surface area contributed by atoms with Gasteiger partial charge in [-0.25, -0.2) is 5.43 Å². The van der Waals surface area contributed by atoms with Crippen molar-refractivity contribution < 1.29 is 14.4 Å². The van der Waals surface area contributed by atoms with Gasteiger partial charge in [-0.05, 0) is 66.6 Å². The third-order valence-electron chi connectivity index (χ3n) is 6.40. The molecule has 2 fully saturated rings. The number of rotatable bonds is 4. The maximum Gasteiger partial charge on any atom is 0.271 e. The van der Waals surface area contributed by atoms with Crippen LogP contribution in [0.2, 0.25) is 5.02 Å². The average Bonchev–Trinajstić information content (AvgIpc) is 3.08. The minimum Gasteiger partial charge on any atom is -0.274 e. The number of nitrogens with one attached hydrogen (secondary N) is 1. The summed E-state index contributed by atoms with van der Waals surface area (Å²) in [5, 5.41) is 4.58. The number of anilines is 1. The van der Waals surface area contributed by atoms with E-state index in [2.05, 4.69) is 22.7 Å². The summed E-state index contributed by atoms with van der Waals surface area (Å²) in [5.41, 5.74) is 4.16. The third kappa shape index (κ3) is 3.47. The fourth-order valence-electron chi connectivity index (χ4n) is 4.87. The normalized spacial score (nSPS) is 26.5. The zero-order chi connectivity index (χ0) is 21.5. The average molecular weight is 434 g/mol. The fraction of sp³-hybridized carbons (Fsp3) is 0.250. The maximum atomic E-state index is 13.0. The van der Waals surface area contributed by atoms with Crippen LogP contribution in [-0.2, 0) is 9.59 Å². The molecule has 2 bridgehead atoms. The van der Waals surface area contributed by atoms with Gasteiger partial charge in [0.15, 0.2) is 0 Å². The molecule has 0 unspecified atom stereocenters. The molecule has 1 saturated carbocycles. The molecule has 3 aliphatic carbocycles. The Bertz CT molecular complexity index is 1080. The largest absolute Gasteiger partial charge is 0.274 e. The Labute approximate surface area is 184 Å². The number of fused-ring (bicyclic) bond motifs is 1. The van der Waals surface area contributed by atoms with Crippen molar-refractivity contribution in [2.24, 2.45) is 28.8 Å². The van der Waals surface area contributed by atoms with E-state index in [9.17, 15) is 14.4 Å². The number of carbonyl (C=O) groups is 3. The van der Waals surface area contributed by atoms with Crippen LogP contribution >= 0.6 is 11.6 Å². The maximum absolute atomic E-state index is 13.0. The van der Waals surface area contributed by atoms with Crippen molar-refractivity contribution in [3.05, 3.63) is 76.8 Å². The van der Waals surface area contributed by atoms with Crippen LogP contribution in [0.15, 0.2) is 65.8 Å².